The van der Waals surface area contributed by atoms with Gasteiger partial charge in [0, 0.05) is 51.9 Å². The Morgan fingerprint density at radius 1 is 1.38 bits per heavy atom. The van der Waals surface area contributed by atoms with Crippen LogP contribution < -0.4 is 10.6 Å². The molecule has 0 aliphatic carbocycles. The molecular formula is C17H31N5O2. The zero-order valence-electron chi connectivity index (χ0n) is 15.4. The molecule has 1 saturated heterocycles. The first kappa shape index (κ1) is 18.7. The second-order valence-electron chi connectivity index (χ2n) is 6.30. The molecular weight excluding hydrogens is 306 g/mol. The second kappa shape index (κ2) is 9.64. The zero-order valence-corrected chi connectivity index (χ0v) is 15.4. The van der Waals surface area contributed by atoms with Gasteiger partial charge in [-0.15, -0.1) is 0 Å². The van der Waals surface area contributed by atoms with Crippen molar-refractivity contribution in [3.8, 4) is 0 Å². The van der Waals surface area contributed by atoms with Crippen molar-refractivity contribution >= 4 is 5.96 Å². The largest absolute Gasteiger partial charge is 0.383 e. The Kier molecular flexibility index (Phi) is 7.52. The molecule has 136 valence electrons. The van der Waals surface area contributed by atoms with E-state index in [1.807, 2.05) is 20.9 Å². The third-order valence-electron chi connectivity index (χ3n) is 4.61. The number of nitrogens with one attached hydrogen (secondary N) is 2. The smallest absolute Gasteiger partial charge is 0.191 e. The summed E-state index contributed by atoms with van der Waals surface area (Å²) in [4.78, 5) is 6.79. The Morgan fingerprint density at radius 3 is 2.71 bits per heavy atom. The van der Waals surface area contributed by atoms with Gasteiger partial charge in [-0.3, -0.25) is 4.99 Å². The maximum Gasteiger partial charge on any atom is 0.191 e. The van der Waals surface area contributed by atoms with Crippen LogP contribution in [-0.4, -0.2) is 69.0 Å². The number of likely N-dealkylation sites (tertiary alicyclic amines) is 1. The van der Waals surface area contributed by atoms with Gasteiger partial charge in [0.05, 0.1) is 12.3 Å². The summed E-state index contributed by atoms with van der Waals surface area (Å²) in [6, 6.07) is 0.481. The minimum Gasteiger partial charge on any atom is -0.383 e. The lowest BCUT2D eigenvalue weighted by Crippen LogP contribution is -2.49. The van der Waals surface area contributed by atoms with Gasteiger partial charge in [-0.25, -0.2) is 0 Å². The fourth-order valence-electron chi connectivity index (χ4n) is 3.07. The van der Waals surface area contributed by atoms with Crippen molar-refractivity contribution in [1.29, 1.82) is 0 Å². The van der Waals surface area contributed by atoms with E-state index in [-0.39, 0.29) is 0 Å². The molecule has 24 heavy (non-hydrogen) atoms. The molecule has 0 unspecified atom stereocenters. The second-order valence-corrected chi connectivity index (χ2v) is 6.30. The fraction of sp³-hybridized carbons (Fsp3) is 0.765. The quantitative estimate of drug-likeness (QED) is 0.573. The Bertz CT molecular complexity index is 502. The summed E-state index contributed by atoms with van der Waals surface area (Å²) < 4.78 is 10.3. The number of methoxy groups -OCH3 is 1. The molecule has 2 N–H and O–H groups in total. The summed E-state index contributed by atoms with van der Waals surface area (Å²) in [5.74, 6) is 1.78. The summed E-state index contributed by atoms with van der Waals surface area (Å²) in [5.41, 5.74) is 2.16. The van der Waals surface area contributed by atoms with Gasteiger partial charge in [-0.05, 0) is 33.1 Å². The number of ether oxygens (including phenoxy) is 1. The van der Waals surface area contributed by atoms with E-state index in [9.17, 15) is 0 Å². The van der Waals surface area contributed by atoms with Crippen LogP contribution >= 0.6 is 0 Å². The number of aliphatic imine (C=N–C) groups is 1. The first-order valence-electron chi connectivity index (χ1n) is 8.74. The van der Waals surface area contributed by atoms with Crippen molar-refractivity contribution < 1.29 is 9.26 Å². The van der Waals surface area contributed by atoms with Crippen LogP contribution in [0.5, 0.6) is 0 Å². The highest BCUT2D eigenvalue weighted by atomic mass is 16.5. The molecule has 7 nitrogen and oxygen atoms in total. The minimum atomic E-state index is 0.481. The van der Waals surface area contributed by atoms with E-state index in [0.29, 0.717) is 6.04 Å². The number of aromatic nitrogens is 1. The Balaban J connectivity index is 1.69. The highest BCUT2D eigenvalue weighted by Gasteiger charge is 2.19. The predicted molar refractivity (Wildman–Crippen MR) is 95.5 cm³/mol. The highest BCUT2D eigenvalue weighted by molar-refractivity contribution is 5.79. The van der Waals surface area contributed by atoms with Crippen molar-refractivity contribution in [1.82, 2.24) is 20.7 Å². The third kappa shape index (κ3) is 5.49. The maximum absolute atomic E-state index is 5.20. The summed E-state index contributed by atoms with van der Waals surface area (Å²) in [6.45, 7) is 8.80. The Morgan fingerprint density at radius 2 is 2.12 bits per heavy atom. The van der Waals surface area contributed by atoms with Crippen molar-refractivity contribution in [3.05, 3.63) is 17.0 Å². The molecule has 0 radical (unpaired) electrons. The molecule has 7 heteroatoms. The van der Waals surface area contributed by atoms with Gasteiger partial charge in [0.2, 0.25) is 0 Å². The van der Waals surface area contributed by atoms with Gasteiger partial charge < -0.3 is 24.8 Å². The van der Waals surface area contributed by atoms with E-state index in [4.69, 9.17) is 9.26 Å². The van der Waals surface area contributed by atoms with Crippen molar-refractivity contribution in [2.75, 3.05) is 46.9 Å². The Hall–Kier alpha value is -1.60. The average molecular weight is 337 g/mol. The van der Waals surface area contributed by atoms with Gasteiger partial charge in [0.15, 0.2) is 5.96 Å². The molecule has 2 heterocycles. The number of guanidine groups is 1. The van der Waals surface area contributed by atoms with Gasteiger partial charge in [0.1, 0.15) is 5.76 Å². The van der Waals surface area contributed by atoms with Crippen LogP contribution in [0.3, 0.4) is 0 Å². The number of rotatable bonds is 7. The molecule has 1 aliphatic heterocycles. The van der Waals surface area contributed by atoms with E-state index in [1.165, 1.54) is 5.56 Å². The van der Waals surface area contributed by atoms with Crippen molar-refractivity contribution in [2.45, 2.75) is 39.2 Å². The van der Waals surface area contributed by atoms with Crippen molar-refractivity contribution in [2.24, 2.45) is 4.99 Å². The van der Waals surface area contributed by atoms with Gasteiger partial charge >= 0.3 is 0 Å². The van der Waals surface area contributed by atoms with E-state index >= 15 is 0 Å². The first-order valence-corrected chi connectivity index (χ1v) is 8.74. The molecule has 0 spiro atoms. The first-order chi connectivity index (χ1) is 11.6. The lowest BCUT2D eigenvalue weighted by atomic mass is 10.1. The van der Waals surface area contributed by atoms with Crippen LogP contribution in [0.25, 0.3) is 0 Å². The van der Waals surface area contributed by atoms with E-state index in [1.54, 1.807) is 7.11 Å². The van der Waals surface area contributed by atoms with E-state index < -0.39 is 0 Å². The topological polar surface area (TPSA) is 74.9 Å². The normalized spacial score (nSPS) is 17.2. The molecule has 1 aliphatic rings. The molecule has 1 fully saturated rings. The highest BCUT2D eigenvalue weighted by Crippen LogP contribution is 2.12. The predicted octanol–water partition coefficient (Wildman–Crippen LogP) is 1.11. The SMILES string of the molecule is CN=C(NCCc1c(C)noc1C)NC1CCN(CCOC)CC1. The van der Waals surface area contributed by atoms with Crippen molar-refractivity contribution in [3.63, 3.8) is 0 Å². The zero-order chi connectivity index (χ0) is 17.4. The van der Waals surface area contributed by atoms with Gasteiger partial charge in [0.25, 0.3) is 0 Å². The third-order valence-corrected chi connectivity index (χ3v) is 4.61. The summed E-state index contributed by atoms with van der Waals surface area (Å²) in [7, 11) is 3.57. The molecule has 0 saturated carbocycles. The molecule has 1 aromatic heterocycles. The number of piperidine rings is 1. The van der Waals surface area contributed by atoms with Gasteiger partial charge in [-0.2, -0.15) is 0 Å². The molecule has 2 rings (SSSR count). The molecule has 0 amide bonds. The van der Waals surface area contributed by atoms with E-state index in [0.717, 1.165) is 69.5 Å². The Labute approximate surface area is 144 Å². The lowest BCUT2D eigenvalue weighted by Gasteiger charge is -2.32. The molecule has 0 bridgehead atoms. The van der Waals surface area contributed by atoms with Gasteiger partial charge in [-0.1, -0.05) is 5.16 Å². The van der Waals surface area contributed by atoms with Crippen LogP contribution in [0.4, 0.5) is 0 Å². The number of hydrogen-bond acceptors (Lipinski definition) is 5. The molecule has 1 aromatic rings. The fourth-order valence-corrected chi connectivity index (χ4v) is 3.07. The minimum absolute atomic E-state index is 0.481. The maximum atomic E-state index is 5.20. The number of nitrogens with zero attached hydrogens (tertiary/aromatic N) is 3. The standard InChI is InChI=1S/C17H31N5O2/c1-13-16(14(2)24-21-13)5-8-19-17(18-3)20-15-6-9-22(10-7-15)11-12-23-4/h15H,5-12H2,1-4H3,(H2,18,19,20). The van der Waals surface area contributed by atoms with Crippen LogP contribution in [-0.2, 0) is 11.2 Å². The summed E-state index contributed by atoms with van der Waals surface area (Å²) in [6.07, 6.45) is 3.15. The molecule has 0 atom stereocenters. The van der Waals surface area contributed by atoms with Crippen LogP contribution in [0.2, 0.25) is 0 Å². The number of aryl methyl sites for hydroxylation is 2. The monoisotopic (exact) mass is 337 g/mol. The van der Waals surface area contributed by atoms with Crippen LogP contribution in [0.1, 0.15) is 29.9 Å². The summed E-state index contributed by atoms with van der Waals surface area (Å²) >= 11 is 0. The lowest BCUT2D eigenvalue weighted by molar-refractivity contribution is 0.128. The van der Waals surface area contributed by atoms with Crippen LogP contribution in [0.15, 0.2) is 9.52 Å². The summed E-state index contributed by atoms with van der Waals surface area (Å²) in [5, 5.41) is 10.9. The molecule has 0 aromatic carbocycles. The number of hydrogen-bond donors (Lipinski definition) is 2. The average Bonchev–Trinajstić information content (AvgIpc) is 2.92. The van der Waals surface area contributed by atoms with E-state index in [2.05, 4.69) is 25.7 Å². The van der Waals surface area contributed by atoms with Crippen LogP contribution in [0, 0.1) is 13.8 Å².